The van der Waals surface area contributed by atoms with Gasteiger partial charge in [-0.1, -0.05) is 74.0 Å². The molecule has 0 aromatic heterocycles. The Bertz CT molecular complexity index is 752. The second-order valence-corrected chi connectivity index (χ2v) is 6.48. The van der Waals surface area contributed by atoms with Gasteiger partial charge in [-0.15, -0.1) is 0 Å². The van der Waals surface area contributed by atoms with Gasteiger partial charge in [0.2, 0.25) is 0 Å². The highest BCUT2D eigenvalue weighted by molar-refractivity contribution is 6.15. The summed E-state index contributed by atoms with van der Waals surface area (Å²) >= 11 is 0. The zero-order chi connectivity index (χ0) is 19.0. The molecular weight excluding hydrogens is 328 g/mol. The Balaban J connectivity index is 2.30. The van der Waals surface area contributed by atoms with E-state index in [0.29, 0.717) is 17.5 Å². The minimum atomic E-state index is -1.55. The zero-order valence-electron chi connectivity index (χ0n) is 15.2. The van der Waals surface area contributed by atoms with Gasteiger partial charge >= 0.3 is 5.97 Å². The number of esters is 1. The maximum absolute atomic E-state index is 13.1. The number of hydrogen-bond donors (Lipinski definition) is 0. The molecule has 2 aromatic rings. The molecule has 0 heterocycles. The van der Waals surface area contributed by atoms with Gasteiger partial charge in [-0.3, -0.25) is 14.4 Å². The third-order valence-electron chi connectivity index (χ3n) is 4.33. The normalized spacial score (nSPS) is 12.8. The van der Waals surface area contributed by atoms with Crippen molar-refractivity contribution in [3.8, 4) is 0 Å². The Morgan fingerprint density at radius 2 is 1.42 bits per heavy atom. The van der Waals surface area contributed by atoms with E-state index in [4.69, 9.17) is 4.74 Å². The van der Waals surface area contributed by atoms with E-state index in [2.05, 4.69) is 0 Å². The van der Waals surface area contributed by atoms with Crippen LogP contribution in [0.2, 0.25) is 0 Å². The molecule has 0 aliphatic heterocycles. The van der Waals surface area contributed by atoms with Crippen molar-refractivity contribution in [2.24, 2.45) is 5.41 Å². The summed E-state index contributed by atoms with van der Waals surface area (Å²) in [5, 5.41) is 0. The molecule has 4 heteroatoms. The highest BCUT2D eigenvalue weighted by atomic mass is 16.5. The molecule has 2 aromatic carbocycles. The van der Waals surface area contributed by atoms with Crippen LogP contribution in [-0.2, 0) is 9.53 Å². The van der Waals surface area contributed by atoms with Gasteiger partial charge in [-0.05, 0) is 13.3 Å². The van der Waals surface area contributed by atoms with Gasteiger partial charge in [0, 0.05) is 17.5 Å². The summed E-state index contributed by atoms with van der Waals surface area (Å²) in [6, 6.07) is 17.2. The van der Waals surface area contributed by atoms with Gasteiger partial charge < -0.3 is 4.74 Å². The van der Waals surface area contributed by atoms with E-state index in [1.807, 2.05) is 13.0 Å². The lowest BCUT2D eigenvalue weighted by Crippen LogP contribution is -2.40. The predicted molar refractivity (Wildman–Crippen MR) is 100 cm³/mol. The number of Topliss-reactive ketones (excluding diaryl/α,β-unsaturated/α-hetero) is 2. The fourth-order valence-corrected chi connectivity index (χ4v) is 2.67. The molecular formula is C22H24O4. The largest absolute Gasteiger partial charge is 0.465 e. The molecule has 1 atom stereocenters. The van der Waals surface area contributed by atoms with Gasteiger partial charge in [0.1, 0.15) is 5.41 Å². The second kappa shape index (κ2) is 9.09. The van der Waals surface area contributed by atoms with Crippen LogP contribution < -0.4 is 0 Å². The lowest BCUT2D eigenvalue weighted by Gasteiger charge is -2.25. The number of rotatable bonds is 9. The number of ketones is 2. The molecule has 0 bridgehead atoms. The summed E-state index contributed by atoms with van der Waals surface area (Å²) in [6.45, 7) is 3.73. The molecule has 0 spiro atoms. The summed E-state index contributed by atoms with van der Waals surface area (Å²) in [6.07, 6.45) is 1.36. The van der Waals surface area contributed by atoms with Crippen molar-refractivity contribution in [1.82, 2.24) is 0 Å². The van der Waals surface area contributed by atoms with Crippen LogP contribution in [0, 0.1) is 5.41 Å². The van der Waals surface area contributed by atoms with Gasteiger partial charge in [0.05, 0.1) is 6.61 Å². The summed E-state index contributed by atoms with van der Waals surface area (Å²) in [5.74, 6) is -1.31. The molecule has 1 unspecified atom stereocenters. The first-order valence-corrected chi connectivity index (χ1v) is 8.84. The number of ether oxygens (including phenoxy) is 1. The monoisotopic (exact) mass is 352 g/mol. The highest BCUT2D eigenvalue weighted by Crippen LogP contribution is 2.30. The van der Waals surface area contributed by atoms with E-state index in [9.17, 15) is 14.4 Å². The van der Waals surface area contributed by atoms with Crippen LogP contribution in [0.5, 0.6) is 0 Å². The number of hydrogen-bond acceptors (Lipinski definition) is 4. The topological polar surface area (TPSA) is 60.4 Å². The van der Waals surface area contributed by atoms with E-state index in [0.717, 1.165) is 6.42 Å². The van der Waals surface area contributed by atoms with Crippen molar-refractivity contribution >= 4 is 17.5 Å². The Morgan fingerprint density at radius 3 is 1.96 bits per heavy atom. The van der Waals surface area contributed by atoms with E-state index < -0.39 is 17.2 Å². The minimum Gasteiger partial charge on any atom is -0.465 e. The average molecular weight is 352 g/mol. The molecule has 0 aliphatic rings. The van der Waals surface area contributed by atoms with Crippen LogP contribution in [0.25, 0.3) is 0 Å². The highest BCUT2D eigenvalue weighted by Gasteiger charge is 2.44. The van der Waals surface area contributed by atoms with Crippen molar-refractivity contribution < 1.29 is 19.1 Å². The van der Waals surface area contributed by atoms with Gasteiger partial charge in [0.25, 0.3) is 0 Å². The molecule has 0 saturated heterocycles. The third-order valence-corrected chi connectivity index (χ3v) is 4.33. The minimum absolute atomic E-state index is 0.226. The zero-order valence-corrected chi connectivity index (χ0v) is 15.2. The summed E-state index contributed by atoms with van der Waals surface area (Å²) < 4.78 is 5.31. The maximum atomic E-state index is 13.1. The number of carbonyl (C=O) groups is 3. The first kappa shape index (κ1) is 19.6. The van der Waals surface area contributed by atoms with E-state index in [-0.39, 0.29) is 18.8 Å². The predicted octanol–water partition coefficient (Wildman–Crippen LogP) is 4.49. The summed E-state index contributed by atoms with van der Waals surface area (Å²) in [4.78, 5) is 38.5. The molecule has 136 valence electrons. The van der Waals surface area contributed by atoms with Crippen LogP contribution in [0.15, 0.2) is 60.7 Å². The van der Waals surface area contributed by atoms with Gasteiger partial charge in [0.15, 0.2) is 11.6 Å². The number of carbonyl (C=O) groups excluding carboxylic acids is 3. The van der Waals surface area contributed by atoms with Crippen LogP contribution in [-0.4, -0.2) is 24.1 Å². The van der Waals surface area contributed by atoms with E-state index >= 15 is 0 Å². The van der Waals surface area contributed by atoms with Gasteiger partial charge in [-0.25, -0.2) is 0 Å². The van der Waals surface area contributed by atoms with Crippen LogP contribution in [0.4, 0.5) is 0 Å². The lowest BCUT2D eigenvalue weighted by atomic mass is 9.77. The first-order valence-electron chi connectivity index (χ1n) is 8.84. The van der Waals surface area contributed by atoms with Gasteiger partial charge in [-0.2, -0.15) is 0 Å². The quantitative estimate of drug-likeness (QED) is 0.289. The standard InChI is InChI=1S/C22H24O4/c1-3-4-15-26-21(25)22(2,20(24)18-13-9-6-10-14-18)16-19(23)17-11-7-5-8-12-17/h5-14H,3-4,15-16H2,1-2H3. The molecule has 2 rings (SSSR count). The van der Waals surface area contributed by atoms with Crippen LogP contribution >= 0.6 is 0 Å². The summed E-state index contributed by atoms with van der Waals surface area (Å²) in [5.41, 5.74) is -0.689. The lowest BCUT2D eigenvalue weighted by molar-refractivity contribution is -0.152. The van der Waals surface area contributed by atoms with Crippen molar-refractivity contribution in [2.45, 2.75) is 33.1 Å². The molecule has 0 N–H and O–H groups in total. The Morgan fingerprint density at radius 1 is 0.885 bits per heavy atom. The molecule has 0 amide bonds. The Labute approximate surface area is 154 Å². The van der Waals surface area contributed by atoms with E-state index in [1.165, 1.54) is 6.92 Å². The smallest absolute Gasteiger partial charge is 0.320 e. The molecule has 0 radical (unpaired) electrons. The third kappa shape index (κ3) is 4.66. The fourth-order valence-electron chi connectivity index (χ4n) is 2.67. The molecule has 0 aliphatic carbocycles. The average Bonchev–Trinajstić information content (AvgIpc) is 2.68. The molecule has 0 fully saturated rings. The number of unbranched alkanes of at least 4 members (excludes halogenated alkanes) is 1. The van der Waals surface area contributed by atoms with Crippen LogP contribution in [0.3, 0.4) is 0 Å². The van der Waals surface area contributed by atoms with Crippen molar-refractivity contribution in [3.63, 3.8) is 0 Å². The van der Waals surface area contributed by atoms with E-state index in [1.54, 1.807) is 54.6 Å². The van der Waals surface area contributed by atoms with Crippen molar-refractivity contribution in [2.75, 3.05) is 6.61 Å². The van der Waals surface area contributed by atoms with Crippen molar-refractivity contribution in [1.29, 1.82) is 0 Å². The van der Waals surface area contributed by atoms with Crippen LogP contribution in [0.1, 0.15) is 53.8 Å². The summed E-state index contributed by atoms with van der Waals surface area (Å²) in [7, 11) is 0. The fraction of sp³-hybridized carbons (Fsp3) is 0.318. The molecule has 26 heavy (non-hydrogen) atoms. The second-order valence-electron chi connectivity index (χ2n) is 6.48. The molecule has 0 saturated carbocycles. The molecule has 4 nitrogen and oxygen atoms in total. The SMILES string of the molecule is CCCCOC(=O)C(C)(CC(=O)c1ccccc1)C(=O)c1ccccc1. The number of benzene rings is 2. The maximum Gasteiger partial charge on any atom is 0.320 e. The Hall–Kier alpha value is -2.75. The first-order chi connectivity index (χ1) is 12.5. The Kier molecular flexibility index (Phi) is 6.84. The van der Waals surface area contributed by atoms with Crippen molar-refractivity contribution in [3.05, 3.63) is 71.8 Å².